The second-order valence-electron chi connectivity index (χ2n) is 4.03. The van der Waals surface area contributed by atoms with Gasteiger partial charge in [0.1, 0.15) is 5.03 Å². The molecule has 2 heterocycles. The van der Waals surface area contributed by atoms with Gasteiger partial charge in [0, 0.05) is 6.54 Å². The van der Waals surface area contributed by atoms with Gasteiger partial charge in [-0.3, -0.25) is 5.01 Å². The molecule has 0 bridgehead atoms. The van der Waals surface area contributed by atoms with Crippen LogP contribution in [0.15, 0.2) is 46.7 Å². The summed E-state index contributed by atoms with van der Waals surface area (Å²) in [6.45, 7) is 2.82. The second-order valence-corrected chi connectivity index (χ2v) is 4.46. The van der Waals surface area contributed by atoms with Crippen molar-refractivity contribution in [1.82, 2.24) is 25.9 Å². The van der Waals surface area contributed by atoms with Crippen LogP contribution in [-0.4, -0.2) is 27.2 Å². The van der Waals surface area contributed by atoms with Crippen molar-refractivity contribution in [1.29, 1.82) is 0 Å². The molecule has 6 nitrogen and oxygen atoms in total. The summed E-state index contributed by atoms with van der Waals surface area (Å²) in [4.78, 5) is 0. The molecule has 1 aromatic heterocycles. The number of para-hydroxylation sites is 1. The van der Waals surface area contributed by atoms with E-state index in [-0.39, 0.29) is 0 Å². The van der Waals surface area contributed by atoms with Crippen LogP contribution >= 0.6 is 12.6 Å². The highest BCUT2D eigenvalue weighted by Crippen LogP contribution is 2.20. The van der Waals surface area contributed by atoms with Gasteiger partial charge in [-0.2, -0.15) is 5.10 Å². The molecule has 2 aromatic rings. The van der Waals surface area contributed by atoms with Crippen LogP contribution < -0.4 is 11.1 Å². The first-order chi connectivity index (χ1) is 9.31. The fourth-order valence-corrected chi connectivity index (χ4v) is 2.27. The van der Waals surface area contributed by atoms with E-state index in [1.807, 2.05) is 42.3 Å². The Balaban J connectivity index is 2.00. The number of hydrogen-bond acceptors (Lipinski definition) is 6. The molecule has 98 valence electrons. The zero-order chi connectivity index (χ0) is 13.2. The number of aromatic nitrogens is 2. The SMILES string of the molecule is CCN1NNN=C1c1cnn(-c2ccccc2)c1S. The average Bonchev–Trinajstić information content (AvgIpc) is 3.05. The predicted octanol–water partition coefficient (Wildman–Crippen LogP) is 1.17. The topological polar surface area (TPSA) is 57.5 Å². The summed E-state index contributed by atoms with van der Waals surface area (Å²) in [6.07, 6.45) is 1.77. The number of nitrogens with one attached hydrogen (secondary N) is 2. The number of nitrogens with zero attached hydrogens (tertiary/aromatic N) is 4. The average molecular weight is 274 g/mol. The summed E-state index contributed by atoms with van der Waals surface area (Å²) in [5.41, 5.74) is 7.54. The van der Waals surface area contributed by atoms with Gasteiger partial charge in [0.2, 0.25) is 0 Å². The zero-order valence-electron chi connectivity index (χ0n) is 10.4. The Labute approximate surface area is 116 Å². The Hall–Kier alpha value is -1.99. The molecular weight excluding hydrogens is 260 g/mol. The Morgan fingerprint density at radius 1 is 1.26 bits per heavy atom. The van der Waals surface area contributed by atoms with E-state index in [2.05, 4.69) is 33.9 Å². The zero-order valence-corrected chi connectivity index (χ0v) is 11.3. The van der Waals surface area contributed by atoms with Crippen molar-refractivity contribution in [3.8, 4) is 5.69 Å². The van der Waals surface area contributed by atoms with Gasteiger partial charge in [-0.1, -0.05) is 18.2 Å². The molecule has 19 heavy (non-hydrogen) atoms. The first-order valence-electron chi connectivity index (χ1n) is 6.00. The monoisotopic (exact) mass is 274 g/mol. The summed E-state index contributed by atoms with van der Waals surface area (Å²) >= 11 is 4.57. The fraction of sp³-hybridized carbons (Fsp3) is 0.167. The second kappa shape index (κ2) is 4.94. The van der Waals surface area contributed by atoms with Crippen LogP contribution in [0.1, 0.15) is 12.5 Å². The fourth-order valence-electron chi connectivity index (χ4n) is 1.94. The van der Waals surface area contributed by atoms with Crippen molar-refractivity contribution >= 4 is 18.5 Å². The minimum Gasteiger partial charge on any atom is -0.271 e. The summed E-state index contributed by atoms with van der Waals surface area (Å²) < 4.78 is 1.78. The lowest BCUT2D eigenvalue weighted by Gasteiger charge is -2.15. The third-order valence-corrected chi connectivity index (χ3v) is 3.33. The summed E-state index contributed by atoms with van der Waals surface area (Å²) in [5.74, 6) is 0.787. The number of hydrazine groups is 2. The Morgan fingerprint density at radius 3 is 2.79 bits per heavy atom. The van der Waals surface area contributed by atoms with Gasteiger partial charge < -0.3 is 0 Å². The molecule has 0 atom stereocenters. The maximum absolute atomic E-state index is 4.57. The van der Waals surface area contributed by atoms with E-state index in [9.17, 15) is 0 Å². The van der Waals surface area contributed by atoms with E-state index >= 15 is 0 Å². The van der Waals surface area contributed by atoms with Crippen molar-refractivity contribution in [3.05, 3.63) is 42.1 Å². The Kier molecular flexibility index (Phi) is 3.14. The summed E-state index contributed by atoms with van der Waals surface area (Å²) in [7, 11) is 0. The Morgan fingerprint density at radius 2 is 2.05 bits per heavy atom. The van der Waals surface area contributed by atoms with Crippen LogP contribution in [0.3, 0.4) is 0 Å². The number of hydrogen-bond donors (Lipinski definition) is 3. The van der Waals surface area contributed by atoms with Crippen molar-refractivity contribution in [2.75, 3.05) is 6.54 Å². The van der Waals surface area contributed by atoms with Gasteiger partial charge >= 0.3 is 0 Å². The molecule has 0 saturated heterocycles. The van der Waals surface area contributed by atoms with Crippen LogP contribution in [0.2, 0.25) is 0 Å². The maximum Gasteiger partial charge on any atom is 0.177 e. The number of amidine groups is 1. The standard InChI is InChI=1S/C12H14N6S/c1-2-17-11(14-15-16-17)10-8-13-18(12(10)19)9-6-4-3-5-7-9/h3-8,15-16,19H,2H2,1H3. The van der Waals surface area contributed by atoms with E-state index in [0.29, 0.717) is 0 Å². The molecule has 1 aliphatic rings. The van der Waals surface area contributed by atoms with Gasteiger partial charge in [0.05, 0.1) is 17.4 Å². The van der Waals surface area contributed by atoms with E-state index in [1.54, 1.807) is 10.9 Å². The molecule has 1 aliphatic heterocycles. The van der Waals surface area contributed by atoms with E-state index in [4.69, 9.17) is 0 Å². The number of hydrazone groups is 1. The highest BCUT2D eigenvalue weighted by atomic mass is 32.1. The molecule has 2 N–H and O–H groups in total. The van der Waals surface area contributed by atoms with Crippen LogP contribution in [0.25, 0.3) is 5.69 Å². The first kappa shape index (κ1) is 12.1. The van der Waals surface area contributed by atoms with Crippen LogP contribution in [-0.2, 0) is 0 Å². The lowest BCUT2D eigenvalue weighted by molar-refractivity contribution is 0.308. The van der Waals surface area contributed by atoms with Crippen molar-refractivity contribution in [2.45, 2.75) is 11.9 Å². The van der Waals surface area contributed by atoms with Gasteiger partial charge in [-0.05, 0) is 19.1 Å². The van der Waals surface area contributed by atoms with Gasteiger partial charge in [-0.15, -0.1) is 23.3 Å². The van der Waals surface area contributed by atoms with Crippen molar-refractivity contribution < 1.29 is 0 Å². The van der Waals surface area contributed by atoms with Crippen molar-refractivity contribution in [3.63, 3.8) is 0 Å². The number of benzene rings is 1. The minimum absolute atomic E-state index is 0.758. The van der Waals surface area contributed by atoms with Gasteiger partial charge in [0.25, 0.3) is 0 Å². The molecule has 0 spiro atoms. The first-order valence-corrected chi connectivity index (χ1v) is 6.44. The molecule has 0 fully saturated rings. The lowest BCUT2D eigenvalue weighted by Crippen LogP contribution is -2.40. The van der Waals surface area contributed by atoms with E-state index in [0.717, 1.165) is 28.7 Å². The highest BCUT2D eigenvalue weighted by Gasteiger charge is 2.22. The summed E-state index contributed by atoms with van der Waals surface area (Å²) in [6, 6.07) is 9.89. The van der Waals surface area contributed by atoms with Crippen LogP contribution in [0, 0.1) is 0 Å². The molecule has 0 amide bonds. The molecule has 0 aliphatic carbocycles. The highest BCUT2D eigenvalue weighted by molar-refractivity contribution is 7.80. The summed E-state index contributed by atoms with van der Waals surface area (Å²) in [5, 5.41) is 11.2. The molecule has 0 radical (unpaired) electrons. The molecule has 1 aromatic carbocycles. The lowest BCUT2D eigenvalue weighted by atomic mass is 10.3. The maximum atomic E-state index is 4.57. The van der Waals surface area contributed by atoms with Crippen LogP contribution in [0.4, 0.5) is 0 Å². The molecule has 3 rings (SSSR count). The molecule has 0 unspecified atom stereocenters. The van der Waals surface area contributed by atoms with Gasteiger partial charge in [0.15, 0.2) is 5.84 Å². The van der Waals surface area contributed by atoms with Crippen LogP contribution in [0.5, 0.6) is 0 Å². The van der Waals surface area contributed by atoms with E-state index in [1.165, 1.54) is 0 Å². The number of thiol groups is 1. The molecule has 0 saturated carbocycles. The quantitative estimate of drug-likeness (QED) is 0.735. The minimum atomic E-state index is 0.758. The third kappa shape index (κ3) is 2.06. The third-order valence-electron chi connectivity index (χ3n) is 2.90. The molecule has 7 heteroatoms. The number of rotatable bonds is 3. The molecular formula is C12H14N6S. The van der Waals surface area contributed by atoms with Crippen molar-refractivity contribution in [2.24, 2.45) is 5.10 Å². The predicted molar refractivity (Wildman–Crippen MR) is 76.0 cm³/mol. The van der Waals surface area contributed by atoms with Gasteiger partial charge in [-0.25, -0.2) is 10.2 Å². The Bertz CT molecular complexity index is 606. The smallest absolute Gasteiger partial charge is 0.177 e. The normalized spacial score (nSPS) is 14.4. The largest absolute Gasteiger partial charge is 0.271 e. The van der Waals surface area contributed by atoms with E-state index < -0.39 is 0 Å².